The quantitative estimate of drug-likeness (QED) is 0.631. The normalized spacial score (nSPS) is 11.8. The van der Waals surface area contributed by atoms with Crippen LogP contribution < -0.4 is 4.74 Å². The summed E-state index contributed by atoms with van der Waals surface area (Å²) < 4.78 is 5.34. The van der Waals surface area contributed by atoms with Crippen molar-refractivity contribution in [2.75, 3.05) is 7.11 Å². The topological polar surface area (TPSA) is 87.0 Å². The molecule has 0 fully saturated rings. The fraction of sp³-hybridized carbons (Fsp3) is 0.286. The highest BCUT2D eigenvalue weighted by molar-refractivity contribution is 5.93. The van der Waals surface area contributed by atoms with Gasteiger partial charge in [0.15, 0.2) is 0 Å². The number of aryl methyl sites for hydroxylation is 2. The van der Waals surface area contributed by atoms with Gasteiger partial charge in [0, 0.05) is 12.0 Å². The Bertz CT molecular complexity index is 796. The molecular formula is C21H24O5. The summed E-state index contributed by atoms with van der Waals surface area (Å²) in [6.07, 6.45) is 0.214. The molecule has 26 heavy (non-hydrogen) atoms. The van der Waals surface area contributed by atoms with Crippen molar-refractivity contribution in [2.45, 2.75) is 32.3 Å². The van der Waals surface area contributed by atoms with Crippen LogP contribution in [0.4, 0.5) is 0 Å². The van der Waals surface area contributed by atoms with Gasteiger partial charge in [-0.05, 0) is 37.0 Å². The summed E-state index contributed by atoms with van der Waals surface area (Å²) in [5.74, 6) is -1.21. The summed E-state index contributed by atoms with van der Waals surface area (Å²) in [4.78, 5) is 11.7. The first kappa shape index (κ1) is 19.5. The zero-order valence-corrected chi connectivity index (χ0v) is 15.0. The molecule has 3 N–H and O–H groups in total. The number of benzene rings is 2. The number of methoxy groups -OCH3 is 1. The highest BCUT2D eigenvalue weighted by Gasteiger charge is 2.24. The molecule has 0 unspecified atom stereocenters. The van der Waals surface area contributed by atoms with Crippen molar-refractivity contribution in [1.82, 2.24) is 0 Å². The maximum absolute atomic E-state index is 11.7. The van der Waals surface area contributed by atoms with Gasteiger partial charge < -0.3 is 20.1 Å². The Morgan fingerprint density at radius 1 is 1.23 bits per heavy atom. The van der Waals surface area contributed by atoms with E-state index in [1.165, 1.54) is 7.11 Å². The minimum atomic E-state index is -1.21. The van der Waals surface area contributed by atoms with Crippen molar-refractivity contribution < 1.29 is 24.9 Å². The molecule has 5 nitrogen and oxygen atoms in total. The number of phenols is 1. The van der Waals surface area contributed by atoms with Gasteiger partial charge in [-0.1, -0.05) is 42.5 Å². The fourth-order valence-electron chi connectivity index (χ4n) is 2.84. The molecule has 0 aliphatic rings. The van der Waals surface area contributed by atoms with Gasteiger partial charge >= 0.3 is 5.97 Å². The second kappa shape index (κ2) is 8.54. The third-order valence-corrected chi connectivity index (χ3v) is 4.37. The van der Waals surface area contributed by atoms with Crippen LogP contribution in [0.3, 0.4) is 0 Å². The van der Waals surface area contributed by atoms with Crippen molar-refractivity contribution in [3.63, 3.8) is 0 Å². The van der Waals surface area contributed by atoms with Gasteiger partial charge in [0.05, 0.1) is 13.2 Å². The number of carboxylic acids is 1. The van der Waals surface area contributed by atoms with E-state index < -0.39 is 12.1 Å². The molecular weight excluding hydrogens is 332 g/mol. The van der Waals surface area contributed by atoms with Crippen molar-refractivity contribution in [1.29, 1.82) is 0 Å². The SMILES string of the molecule is C=C(C)[C@H](O)Cc1c(OC)cc(CCc2ccccc2)c(C(=O)O)c1O. The number of hydrogen-bond donors (Lipinski definition) is 3. The monoisotopic (exact) mass is 356 g/mol. The molecule has 0 spiro atoms. The first-order valence-electron chi connectivity index (χ1n) is 8.37. The van der Waals surface area contributed by atoms with Crippen LogP contribution >= 0.6 is 0 Å². The van der Waals surface area contributed by atoms with Crippen LogP contribution in [0.1, 0.15) is 34.0 Å². The van der Waals surface area contributed by atoms with E-state index in [2.05, 4.69) is 6.58 Å². The fourth-order valence-corrected chi connectivity index (χ4v) is 2.84. The minimum Gasteiger partial charge on any atom is -0.507 e. The Balaban J connectivity index is 2.43. The molecule has 5 heteroatoms. The van der Waals surface area contributed by atoms with Crippen LogP contribution in [0.15, 0.2) is 48.6 Å². The molecule has 1 atom stereocenters. The largest absolute Gasteiger partial charge is 0.507 e. The average molecular weight is 356 g/mol. The van der Waals surface area contributed by atoms with E-state index >= 15 is 0 Å². The predicted octanol–water partition coefficient (Wildman–Crippen LogP) is 3.36. The summed E-state index contributed by atoms with van der Waals surface area (Å²) in [5.41, 5.74) is 2.21. The Morgan fingerprint density at radius 3 is 2.42 bits per heavy atom. The van der Waals surface area contributed by atoms with E-state index in [0.29, 0.717) is 29.7 Å². The van der Waals surface area contributed by atoms with Gasteiger partial charge in [-0.15, -0.1) is 0 Å². The number of aliphatic hydroxyl groups excluding tert-OH is 1. The van der Waals surface area contributed by atoms with E-state index in [1.54, 1.807) is 13.0 Å². The van der Waals surface area contributed by atoms with Gasteiger partial charge in [-0.25, -0.2) is 4.79 Å². The number of ether oxygens (including phenoxy) is 1. The Kier molecular flexibility index (Phi) is 6.41. The summed E-state index contributed by atoms with van der Waals surface area (Å²) in [5, 5.41) is 30.2. The van der Waals surface area contributed by atoms with Crippen molar-refractivity contribution >= 4 is 5.97 Å². The molecule has 0 radical (unpaired) electrons. The van der Waals surface area contributed by atoms with Gasteiger partial charge in [0.2, 0.25) is 0 Å². The third-order valence-electron chi connectivity index (χ3n) is 4.37. The van der Waals surface area contributed by atoms with Gasteiger partial charge in [-0.2, -0.15) is 0 Å². The highest BCUT2D eigenvalue weighted by Crippen LogP contribution is 2.36. The van der Waals surface area contributed by atoms with Crippen LogP contribution in [-0.4, -0.2) is 34.5 Å². The summed E-state index contributed by atoms with van der Waals surface area (Å²) in [7, 11) is 1.45. The van der Waals surface area contributed by atoms with E-state index in [4.69, 9.17) is 4.74 Å². The van der Waals surface area contributed by atoms with Crippen molar-refractivity contribution in [3.8, 4) is 11.5 Å². The first-order chi connectivity index (χ1) is 12.3. The molecule has 0 bridgehead atoms. The molecule has 0 aliphatic heterocycles. The average Bonchev–Trinajstić information content (AvgIpc) is 2.61. The number of rotatable bonds is 8. The minimum absolute atomic E-state index is 0.0313. The maximum atomic E-state index is 11.7. The molecule has 2 aromatic rings. The highest BCUT2D eigenvalue weighted by atomic mass is 16.5. The lowest BCUT2D eigenvalue weighted by atomic mass is 9.93. The van der Waals surface area contributed by atoms with Crippen LogP contribution in [-0.2, 0) is 19.3 Å². The zero-order valence-electron chi connectivity index (χ0n) is 15.0. The predicted molar refractivity (Wildman–Crippen MR) is 100.0 cm³/mol. The lowest BCUT2D eigenvalue weighted by Crippen LogP contribution is -2.14. The molecule has 2 rings (SSSR count). The number of carbonyl (C=O) groups is 1. The number of aromatic hydroxyl groups is 1. The molecule has 0 saturated heterocycles. The van der Waals surface area contributed by atoms with Crippen LogP contribution in [0.5, 0.6) is 11.5 Å². The zero-order chi connectivity index (χ0) is 19.3. The summed E-state index contributed by atoms with van der Waals surface area (Å²) in [6, 6.07) is 11.3. The molecule has 0 amide bonds. The maximum Gasteiger partial charge on any atom is 0.339 e. The second-order valence-electron chi connectivity index (χ2n) is 6.30. The van der Waals surface area contributed by atoms with Crippen LogP contribution in [0.25, 0.3) is 0 Å². The Hall–Kier alpha value is -2.79. The first-order valence-corrected chi connectivity index (χ1v) is 8.37. The van der Waals surface area contributed by atoms with Gasteiger partial charge in [-0.3, -0.25) is 0 Å². The van der Waals surface area contributed by atoms with Crippen LogP contribution in [0, 0.1) is 0 Å². The number of hydrogen-bond acceptors (Lipinski definition) is 4. The van der Waals surface area contributed by atoms with E-state index in [0.717, 1.165) is 5.56 Å². The molecule has 0 aliphatic carbocycles. The molecule has 0 aromatic heterocycles. The van der Waals surface area contributed by atoms with Crippen molar-refractivity contribution in [3.05, 3.63) is 70.8 Å². The second-order valence-corrected chi connectivity index (χ2v) is 6.30. The molecule has 0 saturated carbocycles. The summed E-state index contributed by atoms with van der Waals surface area (Å²) >= 11 is 0. The number of aromatic carboxylic acids is 1. The smallest absolute Gasteiger partial charge is 0.339 e. The molecule has 2 aromatic carbocycles. The van der Waals surface area contributed by atoms with Gasteiger partial charge in [0.25, 0.3) is 0 Å². The lowest BCUT2D eigenvalue weighted by Gasteiger charge is -2.19. The van der Waals surface area contributed by atoms with E-state index in [-0.39, 0.29) is 23.3 Å². The van der Waals surface area contributed by atoms with Crippen molar-refractivity contribution in [2.24, 2.45) is 0 Å². The molecule has 138 valence electrons. The lowest BCUT2D eigenvalue weighted by molar-refractivity contribution is 0.0692. The third kappa shape index (κ3) is 4.43. The standard InChI is InChI=1S/C21H24O5/c1-13(2)17(22)12-16-18(26-3)11-15(19(20(16)23)21(24)25)10-9-14-7-5-4-6-8-14/h4-8,11,17,22-23H,1,9-10,12H2,2-3H3,(H,24,25)/t17-/m1/s1. The molecule has 0 heterocycles. The van der Waals surface area contributed by atoms with Crippen LogP contribution in [0.2, 0.25) is 0 Å². The van der Waals surface area contributed by atoms with E-state index in [9.17, 15) is 20.1 Å². The number of aliphatic hydroxyl groups is 1. The Labute approximate surface area is 153 Å². The Morgan fingerprint density at radius 2 is 1.88 bits per heavy atom. The van der Waals surface area contributed by atoms with Gasteiger partial charge in [0.1, 0.15) is 17.1 Å². The summed E-state index contributed by atoms with van der Waals surface area (Å²) in [6.45, 7) is 5.35. The number of carboxylic acid groups (broad SMARTS) is 1. The van der Waals surface area contributed by atoms with E-state index in [1.807, 2.05) is 30.3 Å².